The second-order valence-electron chi connectivity index (χ2n) is 9.10. The number of fused-ring (bicyclic) bond motifs is 1. The minimum absolute atomic E-state index is 0.415. The summed E-state index contributed by atoms with van der Waals surface area (Å²) < 4.78 is 8.18. The zero-order chi connectivity index (χ0) is 27.5. The number of carbonyl (C=O) groups excluding carboxylic acids is 1. The van der Waals surface area contributed by atoms with Crippen LogP contribution < -0.4 is 15.9 Å². The number of aromatic nitrogens is 4. The van der Waals surface area contributed by atoms with E-state index in [4.69, 9.17) is 15.6 Å². The van der Waals surface area contributed by atoms with Crippen LogP contribution in [0.5, 0.6) is 11.6 Å². The molecule has 0 fully saturated rings. The van der Waals surface area contributed by atoms with Gasteiger partial charge in [0.25, 0.3) is 0 Å². The van der Waals surface area contributed by atoms with E-state index < -0.39 is 5.91 Å². The number of aromatic amines is 1. The van der Waals surface area contributed by atoms with Crippen molar-refractivity contribution in [3.8, 4) is 28.7 Å². The van der Waals surface area contributed by atoms with Crippen LogP contribution in [-0.2, 0) is 0 Å². The van der Waals surface area contributed by atoms with Crippen molar-refractivity contribution in [3.63, 3.8) is 0 Å². The van der Waals surface area contributed by atoms with Crippen LogP contribution >= 0.6 is 0 Å². The van der Waals surface area contributed by atoms with Crippen LogP contribution in [0.2, 0.25) is 0 Å². The van der Waals surface area contributed by atoms with E-state index in [9.17, 15) is 4.79 Å². The van der Waals surface area contributed by atoms with Gasteiger partial charge >= 0.3 is 0 Å². The van der Waals surface area contributed by atoms with Crippen molar-refractivity contribution in [2.45, 2.75) is 6.92 Å². The van der Waals surface area contributed by atoms with Crippen LogP contribution in [-0.4, -0.2) is 31.9 Å². The van der Waals surface area contributed by atoms with Gasteiger partial charge in [-0.2, -0.15) is 14.9 Å². The lowest BCUT2D eigenvalue weighted by atomic mass is 10.2. The number of hydrogen-bond donors (Lipinski definition) is 3. The second kappa shape index (κ2) is 10.6. The van der Waals surface area contributed by atoms with Gasteiger partial charge in [0.05, 0.1) is 39.9 Å². The molecule has 0 atom stereocenters. The highest BCUT2D eigenvalue weighted by atomic mass is 16.5. The zero-order valence-electron chi connectivity index (χ0n) is 21.6. The molecule has 9 heteroatoms. The molecule has 0 bridgehead atoms. The molecule has 196 valence electrons. The molecule has 0 aliphatic rings. The fraction of sp³-hybridized carbons (Fsp3) is 0.0323. The van der Waals surface area contributed by atoms with Crippen molar-refractivity contribution in [2.75, 3.05) is 5.43 Å². The maximum atomic E-state index is 11.5. The maximum absolute atomic E-state index is 11.5. The molecule has 6 rings (SSSR count). The van der Waals surface area contributed by atoms with E-state index in [1.165, 1.54) is 0 Å². The molecule has 2 aromatic heterocycles. The lowest BCUT2D eigenvalue weighted by molar-refractivity contribution is 0.100. The molecule has 9 nitrogen and oxygen atoms in total. The number of hydrogen-bond acceptors (Lipinski definition) is 6. The second-order valence-corrected chi connectivity index (χ2v) is 9.10. The summed E-state index contributed by atoms with van der Waals surface area (Å²) in [6.45, 7) is 1.92. The Morgan fingerprint density at radius 1 is 0.975 bits per heavy atom. The average Bonchev–Trinajstić information content (AvgIpc) is 3.55. The van der Waals surface area contributed by atoms with E-state index in [-0.39, 0.29) is 0 Å². The number of ether oxygens (including phenoxy) is 1. The number of amides is 1. The Morgan fingerprint density at radius 3 is 2.42 bits per heavy atom. The third-order valence-electron chi connectivity index (χ3n) is 6.33. The summed E-state index contributed by atoms with van der Waals surface area (Å²) in [7, 11) is 0. The Hall–Kier alpha value is -5.70. The van der Waals surface area contributed by atoms with Crippen molar-refractivity contribution < 1.29 is 9.53 Å². The van der Waals surface area contributed by atoms with Crippen molar-refractivity contribution in [3.05, 3.63) is 120 Å². The van der Waals surface area contributed by atoms with Gasteiger partial charge in [-0.25, -0.2) is 4.98 Å². The minimum atomic E-state index is -0.488. The number of anilines is 1. The van der Waals surface area contributed by atoms with Gasteiger partial charge in [-0.05, 0) is 73.7 Å². The minimum Gasteiger partial charge on any atom is -0.438 e. The van der Waals surface area contributed by atoms with Crippen LogP contribution in [0.15, 0.2) is 108 Å². The smallest absolute Gasteiger partial charge is 0.248 e. The number of carbonyl (C=O) groups is 1. The van der Waals surface area contributed by atoms with Gasteiger partial charge in [0.15, 0.2) is 0 Å². The molecule has 40 heavy (non-hydrogen) atoms. The summed E-state index contributed by atoms with van der Waals surface area (Å²) in [5.41, 5.74) is 14.5. The predicted molar refractivity (Wildman–Crippen MR) is 156 cm³/mol. The Kier molecular flexibility index (Phi) is 6.51. The zero-order valence-corrected chi connectivity index (χ0v) is 21.6. The first-order chi connectivity index (χ1) is 19.5. The highest BCUT2D eigenvalue weighted by Crippen LogP contribution is 2.31. The molecule has 4 aromatic carbocycles. The van der Waals surface area contributed by atoms with Gasteiger partial charge in [0, 0.05) is 11.1 Å². The van der Waals surface area contributed by atoms with Crippen LogP contribution in [0, 0.1) is 6.92 Å². The molecule has 0 saturated heterocycles. The Bertz CT molecular complexity index is 1820. The van der Waals surface area contributed by atoms with Crippen LogP contribution in [0.4, 0.5) is 5.69 Å². The SMILES string of the molecule is Cc1nn(-c2ccccc2)c(Oc2ccc(-c3nc4cc(C(N)=O)ccc4[nH]3)cc2)c1/C=N/Nc1ccccc1. The van der Waals surface area contributed by atoms with Gasteiger partial charge < -0.3 is 15.5 Å². The van der Waals surface area contributed by atoms with E-state index in [1.807, 2.05) is 91.9 Å². The summed E-state index contributed by atoms with van der Waals surface area (Å²) in [6, 6.07) is 32.3. The summed E-state index contributed by atoms with van der Waals surface area (Å²) >= 11 is 0. The fourth-order valence-electron chi connectivity index (χ4n) is 4.28. The van der Waals surface area contributed by atoms with E-state index in [0.717, 1.165) is 33.7 Å². The molecule has 1 amide bonds. The number of primary amides is 1. The Labute approximate surface area is 230 Å². The molecular weight excluding hydrogens is 502 g/mol. The molecule has 0 aliphatic heterocycles. The molecule has 0 radical (unpaired) electrons. The topological polar surface area (TPSA) is 123 Å². The highest BCUT2D eigenvalue weighted by molar-refractivity contribution is 5.96. The molecule has 2 heterocycles. The number of benzene rings is 4. The Balaban J connectivity index is 1.30. The average molecular weight is 528 g/mol. The van der Waals surface area contributed by atoms with E-state index in [2.05, 4.69) is 20.5 Å². The molecule has 0 aliphatic carbocycles. The lowest BCUT2D eigenvalue weighted by Crippen LogP contribution is -2.10. The Morgan fingerprint density at radius 2 is 1.70 bits per heavy atom. The number of nitrogens with zero attached hydrogens (tertiary/aromatic N) is 4. The number of nitrogens with one attached hydrogen (secondary N) is 2. The molecule has 4 N–H and O–H groups in total. The standard InChI is InChI=1S/C31H25N7O2/c1-20-26(19-33-36-23-8-4-2-5-9-23)31(38(37-20)24-10-6-3-7-11-24)40-25-15-12-21(13-16-25)30-34-27-17-14-22(29(32)39)18-28(27)35-30/h2-19,36H,1H3,(H2,32,39)(H,34,35)/b33-19+. The fourth-order valence-corrected chi connectivity index (χ4v) is 4.28. The van der Waals surface area contributed by atoms with Gasteiger partial charge in [-0.3, -0.25) is 10.2 Å². The van der Waals surface area contributed by atoms with Crippen LogP contribution in [0.3, 0.4) is 0 Å². The lowest BCUT2D eigenvalue weighted by Gasteiger charge is -2.10. The van der Waals surface area contributed by atoms with Gasteiger partial charge in [0.1, 0.15) is 11.6 Å². The molecule has 0 saturated carbocycles. The van der Waals surface area contributed by atoms with Gasteiger partial charge in [0.2, 0.25) is 11.8 Å². The van der Waals surface area contributed by atoms with Crippen molar-refractivity contribution in [2.24, 2.45) is 10.8 Å². The molecule has 0 spiro atoms. The first kappa shape index (κ1) is 24.6. The van der Waals surface area contributed by atoms with Crippen LogP contribution in [0.1, 0.15) is 21.6 Å². The van der Waals surface area contributed by atoms with E-state index in [1.54, 1.807) is 29.1 Å². The number of aryl methyl sites for hydroxylation is 1. The van der Waals surface area contributed by atoms with Crippen LogP contribution in [0.25, 0.3) is 28.1 Å². The summed E-state index contributed by atoms with van der Waals surface area (Å²) in [5, 5.41) is 9.16. The largest absolute Gasteiger partial charge is 0.438 e. The van der Waals surface area contributed by atoms with Crippen molar-refractivity contribution in [1.29, 1.82) is 0 Å². The van der Waals surface area contributed by atoms with Gasteiger partial charge in [-0.15, -0.1) is 0 Å². The number of rotatable bonds is 8. The highest BCUT2D eigenvalue weighted by Gasteiger charge is 2.18. The molecule has 0 unspecified atom stereocenters. The monoisotopic (exact) mass is 527 g/mol. The number of H-pyrrole nitrogens is 1. The normalized spacial score (nSPS) is 11.2. The maximum Gasteiger partial charge on any atom is 0.248 e. The number of nitrogens with two attached hydrogens (primary N) is 1. The number of hydrazone groups is 1. The van der Waals surface area contributed by atoms with Gasteiger partial charge in [-0.1, -0.05) is 36.4 Å². The predicted octanol–water partition coefficient (Wildman–Crippen LogP) is 6.06. The van der Waals surface area contributed by atoms with Crippen molar-refractivity contribution >= 4 is 28.8 Å². The number of para-hydroxylation sites is 2. The third kappa shape index (κ3) is 5.03. The summed E-state index contributed by atoms with van der Waals surface area (Å²) in [4.78, 5) is 19.4. The first-order valence-electron chi connectivity index (χ1n) is 12.6. The van der Waals surface area contributed by atoms with E-state index in [0.29, 0.717) is 28.5 Å². The summed E-state index contributed by atoms with van der Waals surface area (Å²) in [6.07, 6.45) is 1.72. The summed E-state index contributed by atoms with van der Waals surface area (Å²) in [5.74, 6) is 1.35. The number of imidazole rings is 1. The molecule has 6 aromatic rings. The first-order valence-corrected chi connectivity index (χ1v) is 12.6. The van der Waals surface area contributed by atoms with Crippen molar-refractivity contribution in [1.82, 2.24) is 19.7 Å². The third-order valence-corrected chi connectivity index (χ3v) is 6.33. The van der Waals surface area contributed by atoms with E-state index >= 15 is 0 Å². The molecular formula is C31H25N7O2. The quantitative estimate of drug-likeness (QED) is 0.164.